The largest absolute Gasteiger partial charge is 0.494 e. The first-order valence-corrected chi connectivity index (χ1v) is 8.23. The molecule has 0 aliphatic heterocycles. The van der Waals surface area contributed by atoms with Crippen LogP contribution in [0.2, 0.25) is 0 Å². The molecule has 0 spiro atoms. The van der Waals surface area contributed by atoms with Gasteiger partial charge in [-0.05, 0) is 36.5 Å². The average molecular weight is 315 g/mol. The van der Waals surface area contributed by atoms with Crippen LogP contribution in [-0.4, -0.2) is 27.9 Å². The quantitative estimate of drug-likeness (QED) is 0.526. The summed E-state index contributed by atoms with van der Waals surface area (Å²) in [5.74, 6) is 1.34. The van der Waals surface area contributed by atoms with Crippen LogP contribution in [0.4, 0.5) is 0 Å². The Morgan fingerprint density at radius 1 is 1.26 bits per heavy atom. The first-order chi connectivity index (χ1) is 11.1. The van der Waals surface area contributed by atoms with Gasteiger partial charge >= 0.3 is 0 Å². The number of ether oxygens (including phenoxy) is 1. The number of nitrogens with zero attached hydrogens (tertiary/aromatic N) is 3. The Bertz CT molecular complexity index is 618. The molecule has 0 aliphatic rings. The van der Waals surface area contributed by atoms with Crippen molar-refractivity contribution >= 4 is 6.29 Å². The van der Waals surface area contributed by atoms with Crippen molar-refractivity contribution in [1.82, 2.24) is 15.0 Å². The van der Waals surface area contributed by atoms with Crippen LogP contribution >= 0.6 is 0 Å². The van der Waals surface area contributed by atoms with Crippen LogP contribution in [0, 0.1) is 5.92 Å². The summed E-state index contributed by atoms with van der Waals surface area (Å²) < 4.78 is 7.58. The first kappa shape index (κ1) is 17.2. The molecule has 1 heterocycles. The molecule has 1 aromatic heterocycles. The van der Waals surface area contributed by atoms with Gasteiger partial charge in [-0.25, -0.2) is 4.68 Å². The fourth-order valence-corrected chi connectivity index (χ4v) is 2.44. The summed E-state index contributed by atoms with van der Waals surface area (Å²) in [6.07, 6.45) is 3.44. The number of rotatable bonds is 9. The molecule has 0 N–H and O–H groups in total. The Labute approximate surface area is 137 Å². The van der Waals surface area contributed by atoms with Gasteiger partial charge in [-0.1, -0.05) is 38.1 Å². The second-order valence-electron chi connectivity index (χ2n) is 6.06. The monoisotopic (exact) mass is 315 g/mol. The number of carbonyl (C=O) groups is 1. The summed E-state index contributed by atoms with van der Waals surface area (Å²) in [6.45, 7) is 7.69. The Balaban J connectivity index is 1.86. The Hall–Kier alpha value is -2.17. The van der Waals surface area contributed by atoms with Gasteiger partial charge in [0.25, 0.3) is 0 Å². The minimum Gasteiger partial charge on any atom is -0.494 e. The zero-order valence-corrected chi connectivity index (χ0v) is 14.2. The zero-order chi connectivity index (χ0) is 16.7. The Morgan fingerprint density at radius 3 is 2.61 bits per heavy atom. The van der Waals surface area contributed by atoms with Crippen LogP contribution in [0.25, 0.3) is 0 Å². The van der Waals surface area contributed by atoms with Crippen LogP contribution in [0.1, 0.15) is 48.9 Å². The van der Waals surface area contributed by atoms with Crippen molar-refractivity contribution in [1.29, 1.82) is 0 Å². The van der Waals surface area contributed by atoms with Gasteiger partial charge in [0.15, 0.2) is 6.29 Å². The van der Waals surface area contributed by atoms with Gasteiger partial charge in [0.2, 0.25) is 0 Å². The zero-order valence-electron chi connectivity index (χ0n) is 14.2. The third kappa shape index (κ3) is 4.91. The van der Waals surface area contributed by atoms with Crippen LogP contribution in [-0.2, 0) is 19.4 Å². The number of aldehydes is 1. The molecule has 0 saturated heterocycles. The van der Waals surface area contributed by atoms with Gasteiger partial charge in [-0.15, -0.1) is 5.10 Å². The number of carbonyl (C=O) groups excluding carboxylic acids is 1. The molecule has 0 fully saturated rings. The molecule has 23 heavy (non-hydrogen) atoms. The topological polar surface area (TPSA) is 57.0 Å². The van der Waals surface area contributed by atoms with Gasteiger partial charge in [0.05, 0.1) is 12.3 Å². The molecule has 2 rings (SSSR count). The number of hydrogen-bond donors (Lipinski definition) is 0. The standard InChI is InChI=1S/C18H25N3O2/c1-4-15-6-8-16(9-7-15)23-11-5-10-21-18(12-14(2)3)17(13-22)19-20-21/h6-9,13-14H,4-5,10-12H2,1-3H3. The number of aryl methyl sites for hydroxylation is 2. The predicted octanol–water partition coefficient (Wildman–Crippen LogP) is 3.32. The number of hydrogen-bond acceptors (Lipinski definition) is 4. The Kier molecular flexibility index (Phi) is 6.32. The lowest BCUT2D eigenvalue weighted by Crippen LogP contribution is -2.11. The fourth-order valence-electron chi connectivity index (χ4n) is 2.44. The highest BCUT2D eigenvalue weighted by Gasteiger charge is 2.13. The van der Waals surface area contributed by atoms with Crippen LogP contribution in [0.5, 0.6) is 5.75 Å². The van der Waals surface area contributed by atoms with Crippen molar-refractivity contribution in [2.75, 3.05) is 6.61 Å². The van der Waals surface area contributed by atoms with Crippen molar-refractivity contribution in [3.63, 3.8) is 0 Å². The molecular weight excluding hydrogens is 290 g/mol. The van der Waals surface area contributed by atoms with E-state index in [4.69, 9.17) is 4.74 Å². The van der Waals surface area contributed by atoms with Crippen LogP contribution < -0.4 is 4.74 Å². The first-order valence-electron chi connectivity index (χ1n) is 8.23. The van der Waals surface area contributed by atoms with E-state index >= 15 is 0 Å². The summed E-state index contributed by atoms with van der Waals surface area (Å²) in [5.41, 5.74) is 2.68. The molecule has 5 nitrogen and oxygen atoms in total. The van der Waals surface area contributed by atoms with E-state index in [0.29, 0.717) is 24.8 Å². The molecule has 5 heteroatoms. The predicted molar refractivity (Wildman–Crippen MR) is 89.9 cm³/mol. The molecular formula is C18H25N3O2. The molecule has 0 amide bonds. The second kappa shape index (κ2) is 8.46. The highest BCUT2D eigenvalue weighted by Crippen LogP contribution is 2.14. The van der Waals surface area contributed by atoms with Gasteiger partial charge in [0, 0.05) is 13.0 Å². The highest BCUT2D eigenvalue weighted by molar-refractivity contribution is 5.73. The maximum absolute atomic E-state index is 11.0. The van der Waals surface area contributed by atoms with E-state index < -0.39 is 0 Å². The van der Waals surface area contributed by atoms with Crippen molar-refractivity contribution in [3.8, 4) is 5.75 Å². The van der Waals surface area contributed by atoms with Crippen molar-refractivity contribution < 1.29 is 9.53 Å². The summed E-state index contributed by atoms with van der Waals surface area (Å²) in [5, 5.41) is 8.03. The third-order valence-electron chi connectivity index (χ3n) is 3.70. The molecule has 0 radical (unpaired) electrons. The molecule has 0 saturated carbocycles. The normalized spacial score (nSPS) is 11.0. The lowest BCUT2D eigenvalue weighted by atomic mass is 10.1. The minimum absolute atomic E-state index is 0.453. The van der Waals surface area contributed by atoms with Gasteiger partial charge in [-0.2, -0.15) is 0 Å². The average Bonchev–Trinajstić information content (AvgIpc) is 2.93. The smallest absolute Gasteiger partial charge is 0.172 e. The lowest BCUT2D eigenvalue weighted by molar-refractivity contribution is 0.111. The maximum Gasteiger partial charge on any atom is 0.172 e. The van der Waals surface area contributed by atoms with E-state index in [0.717, 1.165) is 37.0 Å². The number of aromatic nitrogens is 3. The SMILES string of the molecule is CCc1ccc(OCCCn2nnc(C=O)c2CC(C)C)cc1. The van der Waals surface area contributed by atoms with Gasteiger partial charge in [0.1, 0.15) is 11.4 Å². The third-order valence-corrected chi connectivity index (χ3v) is 3.70. The van der Waals surface area contributed by atoms with E-state index in [9.17, 15) is 4.79 Å². The molecule has 2 aromatic rings. The van der Waals surface area contributed by atoms with Gasteiger partial charge < -0.3 is 4.74 Å². The molecule has 0 aliphatic carbocycles. The van der Waals surface area contributed by atoms with E-state index in [-0.39, 0.29) is 0 Å². The molecule has 0 unspecified atom stereocenters. The summed E-state index contributed by atoms with van der Waals surface area (Å²) in [7, 11) is 0. The van der Waals surface area contributed by atoms with Crippen molar-refractivity contribution in [3.05, 3.63) is 41.2 Å². The fraction of sp³-hybridized carbons (Fsp3) is 0.500. The Morgan fingerprint density at radius 2 is 2.00 bits per heavy atom. The van der Waals surface area contributed by atoms with Crippen molar-refractivity contribution in [2.24, 2.45) is 5.92 Å². The lowest BCUT2D eigenvalue weighted by Gasteiger charge is -2.10. The maximum atomic E-state index is 11.0. The number of benzene rings is 1. The van der Waals surface area contributed by atoms with Crippen molar-refractivity contribution in [2.45, 2.75) is 46.6 Å². The molecule has 0 atom stereocenters. The highest BCUT2D eigenvalue weighted by atomic mass is 16.5. The summed E-state index contributed by atoms with van der Waals surface area (Å²) in [4.78, 5) is 11.0. The molecule has 124 valence electrons. The molecule has 1 aromatic carbocycles. The van der Waals surface area contributed by atoms with E-state index in [1.54, 1.807) is 0 Å². The minimum atomic E-state index is 0.453. The second-order valence-corrected chi connectivity index (χ2v) is 6.06. The van der Waals surface area contributed by atoms with E-state index in [1.807, 2.05) is 16.8 Å². The van der Waals surface area contributed by atoms with E-state index in [1.165, 1.54) is 5.56 Å². The van der Waals surface area contributed by atoms with Crippen LogP contribution in [0.15, 0.2) is 24.3 Å². The summed E-state index contributed by atoms with van der Waals surface area (Å²) >= 11 is 0. The summed E-state index contributed by atoms with van der Waals surface area (Å²) in [6, 6.07) is 8.18. The van der Waals surface area contributed by atoms with E-state index in [2.05, 4.69) is 43.2 Å². The van der Waals surface area contributed by atoms with Gasteiger partial charge in [-0.3, -0.25) is 4.79 Å². The molecule has 0 bridgehead atoms. The van der Waals surface area contributed by atoms with Crippen LogP contribution in [0.3, 0.4) is 0 Å².